The van der Waals surface area contributed by atoms with Crippen LogP contribution in [0.3, 0.4) is 0 Å². The number of imide groups is 1. The first-order chi connectivity index (χ1) is 9.64. The van der Waals surface area contributed by atoms with Gasteiger partial charge < -0.3 is 11.1 Å². The van der Waals surface area contributed by atoms with Crippen LogP contribution in [-0.2, 0) is 4.79 Å². The Bertz CT molecular complexity index is 515. The Kier molecular flexibility index (Phi) is 4.32. The number of amides is 2. The van der Waals surface area contributed by atoms with E-state index in [0.717, 1.165) is 0 Å². The molecule has 2 amide bonds. The fraction of sp³-hybridized carbons (Fsp3) is 0.333. The fourth-order valence-corrected chi connectivity index (χ4v) is 2.42. The molecule has 106 valence electrons. The van der Waals surface area contributed by atoms with Crippen LogP contribution in [0.4, 0.5) is 0 Å². The van der Waals surface area contributed by atoms with Crippen LogP contribution in [0.1, 0.15) is 16.8 Å². The summed E-state index contributed by atoms with van der Waals surface area (Å²) in [6, 6.07) is 8.79. The lowest BCUT2D eigenvalue weighted by Crippen LogP contribution is -2.68. The van der Waals surface area contributed by atoms with Crippen molar-refractivity contribution in [2.24, 2.45) is 5.73 Å². The van der Waals surface area contributed by atoms with Crippen molar-refractivity contribution in [2.45, 2.75) is 12.0 Å². The predicted molar refractivity (Wildman–Crippen MR) is 77.1 cm³/mol. The van der Waals surface area contributed by atoms with Crippen molar-refractivity contribution in [3.63, 3.8) is 0 Å². The van der Waals surface area contributed by atoms with E-state index in [2.05, 4.69) is 11.9 Å². The third kappa shape index (κ3) is 2.50. The molecule has 0 spiro atoms. The van der Waals surface area contributed by atoms with Crippen LogP contribution in [0.25, 0.3) is 0 Å². The maximum absolute atomic E-state index is 12.6. The number of carbonyl (C=O) groups is 2. The zero-order valence-corrected chi connectivity index (χ0v) is 11.3. The molecule has 1 aromatic carbocycles. The van der Waals surface area contributed by atoms with Crippen molar-refractivity contribution in [1.29, 1.82) is 0 Å². The number of hydrogen-bond donors (Lipinski definition) is 2. The van der Waals surface area contributed by atoms with Gasteiger partial charge in [-0.2, -0.15) is 0 Å². The van der Waals surface area contributed by atoms with E-state index in [9.17, 15) is 9.59 Å². The predicted octanol–water partition coefficient (Wildman–Crippen LogP) is 0.532. The van der Waals surface area contributed by atoms with E-state index in [1.54, 1.807) is 30.3 Å². The topological polar surface area (TPSA) is 75.4 Å². The number of nitrogens with one attached hydrogen (secondary N) is 1. The van der Waals surface area contributed by atoms with Crippen molar-refractivity contribution in [1.82, 2.24) is 10.2 Å². The van der Waals surface area contributed by atoms with E-state index in [-0.39, 0.29) is 18.4 Å². The average molecular weight is 273 g/mol. The summed E-state index contributed by atoms with van der Waals surface area (Å²) in [5.74, 6) is -0.556. The molecule has 1 fully saturated rings. The van der Waals surface area contributed by atoms with Crippen molar-refractivity contribution < 1.29 is 9.59 Å². The van der Waals surface area contributed by atoms with Crippen LogP contribution in [0.15, 0.2) is 43.0 Å². The Hall–Kier alpha value is -1.98. The molecular weight excluding hydrogens is 254 g/mol. The zero-order valence-electron chi connectivity index (χ0n) is 11.3. The number of nitrogens with zero attached hydrogens (tertiary/aromatic N) is 1. The number of carbonyl (C=O) groups excluding carboxylic acids is 2. The Morgan fingerprint density at radius 3 is 2.75 bits per heavy atom. The van der Waals surface area contributed by atoms with Crippen molar-refractivity contribution in [3.8, 4) is 0 Å². The van der Waals surface area contributed by atoms with E-state index in [1.807, 2.05) is 6.07 Å². The molecule has 0 radical (unpaired) electrons. The first kappa shape index (κ1) is 14.4. The Labute approximate surface area is 118 Å². The zero-order chi connectivity index (χ0) is 14.6. The lowest BCUT2D eigenvalue weighted by Gasteiger charge is -2.40. The minimum absolute atomic E-state index is 0.135. The van der Waals surface area contributed by atoms with Crippen molar-refractivity contribution in [3.05, 3.63) is 48.6 Å². The van der Waals surface area contributed by atoms with E-state index in [1.165, 1.54) is 4.90 Å². The molecule has 20 heavy (non-hydrogen) atoms. The van der Waals surface area contributed by atoms with Gasteiger partial charge in [-0.05, 0) is 18.6 Å². The molecule has 0 unspecified atom stereocenters. The van der Waals surface area contributed by atoms with Gasteiger partial charge in [0.15, 0.2) is 0 Å². The highest BCUT2D eigenvalue weighted by molar-refractivity contribution is 6.08. The Balaban J connectivity index is 2.26. The molecule has 0 aromatic heterocycles. The quantitative estimate of drug-likeness (QED) is 0.620. The molecule has 1 atom stereocenters. The van der Waals surface area contributed by atoms with Crippen LogP contribution < -0.4 is 11.1 Å². The summed E-state index contributed by atoms with van der Waals surface area (Å²) in [4.78, 5) is 26.3. The Morgan fingerprint density at radius 1 is 1.45 bits per heavy atom. The highest BCUT2D eigenvalue weighted by atomic mass is 16.2. The first-order valence-corrected chi connectivity index (χ1v) is 6.62. The van der Waals surface area contributed by atoms with Gasteiger partial charge >= 0.3 is 0 Å². The van der Waals surface area contributed by atoms with Crippen LogP contribution in [-0.4, -0.2) is 41.9 Å². The molecular formula is C15H19N3O2. The molecule has 1 aromatic rings. The summed E-state index contributed by atoms with van der Waals surface area (Å²) in [5, 5.41) is 3.13. The van der Waals surface area contributed by atoms with Crippen LogP contribution in [0.5, 0.6) is 0 Å². The molecule has 0 bridgehead atoms. The summed E-state index contributed by atoms with van der Waals surface area (Å²) < 4.78 is 0. The second kappa shape index (κ2) is 5.98. The molecule has 2 rings (SSSR count). The number of benzene rings is 1. The van der Waals surface area contributed by atoms with Gasteiger partial charge in [0.1, 0.15) is 5.54 Å². The van der Waals surface area contributed by atoms with Gasteiger partial charge in [0.25, 0.3) is 11.8 Å². The maximum Gasteiger partial charge on any atom is 0.260 e. The van der Waals surface area contributed by atoms with Crippen molar-refractivity contribution in [2.75, 3.05) is 19.6 Å². The van der Waals surface area contributed by atoms with Gasteiger partial charge in [-0.15, -0.1) is 6.58 Å². The average Bonchev–Trinajstić information content (AvgIpc) is 2.50. The molecule has 5 nitrogen and oxygen atoms in total. The lowest BCUT2D eigenvalue weighted by atomic mass is 9.91. The number of hydrogen-bond acceptors (Lipinski definition) is 4. The molecule has 0 aliphatic carbocycles. The molecule has 5 heteroatoms. The SMILES string of the molecule is C=CC[C@]1(CN)NCCN(C(=O)c2ccccc2)C1=O. The lowest BCUT2D eigenvalue weighted by molar-refractivity contribution is -0.137. The molecule has 0 saturated carbocycles. The highest BCUT2D eigenvalue weighted by Crippen LogP contribution is 2.19. The number of rotatable bonds is 4. The largest absolute Gasteiger partial charge is 0.328 e. The third-order valence-corrected chi connectivity index (χ3v) is 3.56. The normalized spacial score (nSPS) is 22.6. The standard InChI is InChI=1S/C15H19N3O2/c1-2-8-15(11-16)14(20)18(10-9-17-15)13(19)12-6-4-3-5-7-12/h2-7,17H,1,8-11,16H2/t15-/m1/s1. The van der Waals surface area contributed by atoms with Crippen LogP contribution in [0.2, 0.25) is 0 Å². The van der Waals surface area contributed by atoms with Gasteiger partial charge in [-0.25, -0.2) is 0 Å². The monoisotopic (exact) mass is 273 g/mol. The molecule has 1 heterocycles. The summed E-state index contributed by atoms with van der Waals surface area (Å²) in [6.07, 6.45) is 2.05. The molecule has 1 aliphatic rings. The van der Waals surface area contributed by atoms with Crippen molar-refractivity contribution >= 4 is 11.8 Å². The third-order valence-electron chi connectivity index (χ3n) is 3.56. The maximum atomic E-state index is 12.6. The van der Waals surface area contributed by atoms with Gasteiger partial charge in [0, 0.05) is 25.2 Å². The van der Waals surface area contributed by atoms with Gasteiger partial charge in [0.2, 0.25) is 0 Å². The van der Waals surface area contributed by atoms with E-state index in [0.29, 0.717) is 25.1 Å². The number of nitrogens with two attached hydrogens (primary N) is 1. The van der Waals surface area contributed by atoms with E-state index in [4.69, 9.17) is 5.73 Å². The molecule has 1 aliphatic heterocycles. The highest BCUT2D eigenvalue weighted by Gasteiger charge is 2.43. The minimum Gasteiger partial charge on any atom is -0.328 e. The summed E-state index contributed by atoms with van der Waals surface area (Å²) in [7, 11) is 0. The fourth-order valence-electron chi connectivity index (χ4n) is 2.42. The minimum atomic E-state index is -0.912. The van der Waals surface area contributed by atoms with E-state index < -0.39 is 5.54 Å². The molecule has 3 N–H and O–H groups in total. The van der Waals surface area contributed by atoms with Gasteiger partial charge in [-0.1, -0.05) is 24.3 Å². The summed E-state index contributed by atoms with van der Waals surface area (Å²) in [6.45, 7) is 4.68. The second-order valence-electron chi connectivity index (χ2n) is 4.83. The molecule has 1 saturated heterocycles. The first-order valence-electron chi connectivity index (χ1n) is 6.62. The summed E-state index contributed by atoms with van der Waals surface area (Å²) in [5.41, 5.74) is 5.34. The van der Waals surface area contributed by atoms with Gasteiger partial charge in [-0.3, -0.25) is 14.5 Å². The Morgan fingerprint density at radius 2 is 2.15 bits per heavy atom. The number of piperazine rings is 1. The van der Waals surface area contributed by atoms with Gasteiger partial charge in [0.05, 0.1) is 0 Å². The summed E-state index contributed by atoms with van der Waals surface area (Å²) >= 11 is 0. The van der Waals surface area contributed by atoms with Crippen LogP contribution >= 0.6 is 0 Å². The second-order valence-corrected chi connectivity index (χ2v) is 4.83. The van der Waals surface area contributed by atoms with E-state index >= 15 is 0 Å². The van der Waals surface area contributed by atoms with Crippen LogP contribution in [0, 0.1) is 0 Å². The smallest absolute Gasteiger partial charge is 0.260 e.